The second-order valence-corrected chi connectivity index (χ2v) is 4.89. The van der Waals surface area contributed by atoms with Crippen LogP contribution in [0.15, 0.2) is 6.07 Å². The summed E-state index contributed by atoms with van der Waals surface area (Å²) in [7, 11) is 0. The van der Waals surface area contributed by atoms with Crippen LogP contribution in [0.25, 0.3) is 0 Å². The molecule has 0 radical (unpaired) electrons. The van der Waals surface area contributed by atoms with E-state index in [4.69, 9.17) is 5.73 Å². The van der Waals surface area contributed by atoms with Crippen molar-refractivity contribution in [3.05, 3.63) is 23.0 Å². The molecule has 0 aliphatic heterocycles. The van der Waals surface area contributed by atoms with Crippen LogP contribution >= 0.6 is 0 Å². The van der Waals surface area contributed by atoms with Gasteiger partial charge in [-0.3, -0.25) is 9.78 Å². The standard InChI is InChI=1S/C12H18N2O/c1-7-6-9(10(13)8(2)14-7)11(15)12(3,4)5/h6H,13H2,1-5H3. The molecule has 0 spiro atoms. The fourth-order valence-electron chi connectivity index (χ4n) is 1.43. The number of anilines is 1. The second-order valence-electron chi connectivity index (χ2n) is 4.89. The van der Waals surface area contributed by atoms with Crippen molar-refractivity contribution in [3.63, 3.8) is 0 Å². The molecule has 2 N–H and O–H groups in total. The van der Waals surface area contributed by atoms with Gasteiger partial charge in [-0.15, -0.1) is 0 Å². The monoisotopic (exact) mass is 206 g/mol. The quantitative estimate of drug-likeness (QED) is 0.718. The summed E-state index contributed by atoms with van der Waals surface area (Å²) < 4.78 is 0. The van der Waals surface area contributed by atoms with Crippen LogP contribution in [-0.4, -0.2) is 10.8 Å². The van der Waals surface area contributed by atoms with Crippen molar-refractivity contribution in [2.45, 2.75) is 34.6 Å². The zero-order valence-electron chi connectivity index (χ0n) is 10.0. The van der Waals surface area contributed by atoms with Gasteiger partial charge in [-0.1, -0.05) is 20.8 Å². The summed E-state index contributed by atoms with van der Waals surface area (Å²) in [4.78, 5) is 16.3. The summed E-state index contributed by atoms with van der Waals surface area (Å²) in [6, 6.07) is 1.76. The number of hydrogen-bond acceptors (Lipinski definition) is 3. The lowest BCUT2D eigenvalue weighted by atomic mass is 9.85. The molecule has 0 saturated heterocycles. The largest absolute Gasteiger partial charge is 0.397 e. The van der Waals surface area contributed by atoms with Gasteiger partial charge in [-0.25, -0.2) is 0 Å². The highest BCUT2D eigenvalue weighted by Crippen LogP contribution is 2.26. The molecule has 82 valence electrons. The predicted octanol–water partition coefficient (Wildman–Crippen LogP) is 2.51. The van der Waals surface area contributed by atoms with Crippen molar-refractivity contribution in [1.82, 2.24) is 4.98 Å². The molecular weight excluding hydrogens is 188 g/mol. The number of nitrogen functional groups attached to an aromatic ring is 1. The molecule has 0 aliphatic rings. The van der Waals surface area contributed by atoms with Crippen LogP contribution in [-0.2, 0) is 0 Å². The van der Waals surface area contributed by atoms with Gasteiger partial charge in [0.05, 0.1) is 11.4 Å². The van der Waals surface area contributed by atoms with Crippen LogP contribution in [0.2, 0.25) is 0 Å². The number of pyridine rings is 1. The van der Waals surface area contributed by atoms with Gasteiger partial charge >= 0.3 is 0 Å². The van der Waals surface area contributed by atoms with Crippen LogP contribution in [0, 0.1) is 19.3 Å². The van der Waals surface area contributed by atoms with Gasteiger partial charge in [0.15, 0.2) is 5.78 Å². The lowest BCUT2D eigenvalue weighted by molar-refractivity contribution is 0.0859. The molecule has 0 fully saturated rings. The molecule has 0 atom stereocenters. The van der Waals surface area contributed by atoms with E-state index in [-0.39, 0.29) is 5.78 Å². The first-order chi connectivity index (χ1) is 6.73. The Hall–Kier alpha value is -1.38. The number of nitrogens with two attached hydrogens (primary N) is 1. The molecule has 3 nitrogen and oxygen atoms in total. The van der Waals surface area contributed by atoms with Crippen LogP contribution in [0.1, 0.15) is 42.5 Å². The first-order valence-corrected chi connectivity index (χ1v) is 5.02. The number of hydrogen-bond donors (Lipinski definition) is 1. The molecular formula is C12H18N2O. The molecule has 1 aromatic heterocycles. The summed E-state index contributed by atoms with van der Waals surface area (Å²) in [5, 5.41) is 0. The van der Waals surface area contributed by atoms with Gasteiger partial charge in [-0.2, -0.15) is 0 Å². The second kappa shape index (κ2) is 3.65. The Morgan fingerprint density at radius 3 is 2.33 bits per heavy atom. The van der Waals surface area contributed by atoms with E-state index < -0.39 is 5.41 Å². The molecule has 1 rings (SSSR count). The van der Waals surface area contributed by atoms with E-state index in [1.54, 1.807) is 6.07 Å². The Balaban J connectivity index is 3.32. The van der Waals surface area contributed by atoms with E-state index in [0.717, 1.165) is 11.4 Å². The van der Waals surface area contributed by atoms with Crippen molar-refractivity contribution < 1.29 is 4.79 Å². The summed E-state index contributed by atoms with van der Waals surface area (Å²) >= 11 is 0. The predicted molar refractivity (Wildman–Crippen MR) is 61.9 cm³/mol. The number of carbonyl (C=O) groups excluding carboxylic acids is 1. The van der Waals surface area contributed by atoms with Crippen LogP contribution < -0.4 is 5.73 Å². The van der Waals surface area contributed by atoms with Gasteiger partial charge in [0.1, 0.15) is 0 Å². The van der Waals surface area contributed by atoms with E-state index in [0.29, 0.717) is 11.3 Å². The average molecular weight is 206 g/mol. The molecule has 0 aliphatic carbocycles. The highest BCUT2D eigenvalue weighted by Gasteiger charge is 2.25. The Labute approximate surface area is 90.7 Å². The molecule has 3 heteroatoms. The van der Waals surface area contributed by atoms with E-state index in [1.807, 2.05) is 34.6 Å². The highest BCUT2D eigenvalue weighted by molar-refractivity contribution is 6.04. The first kappa shape index (κ1) is 11.7. The van der Waals surface area contributed by atoms with Crippen molar-refractivity contribution in [2.75, 3.05) is 5.73 Å². The molecule has 1 aromatic rings. The minimum absolute atomic E-state index is 0.0635. The maximum Gasteiger partial charge on any atom is 0.170 e. The number of aryl methyl sites for hydroxylation is 2. The number of ketones is 1. The third-order valence-electron chi connectivity index (χ3n) is 2.30. The summed E-state index contributed by atoms with van der Waals surface area (Å²) in [6.45, 7) is 9.35. The molecule has 15 heavy (non-hydrogen) atoms. The maximum absolute atomic E-state index is 12.1. The minimum atomic E-state index is -0.408. The third-order valence-corrected chi connectivity index (χ3v) is 2.30. The van der Waals surface area contributed by atoms with Gasteiger partial charge in [0, 0.05) is 16.7 Å². The summed E-state index contributed by atoms with van der Waals surface area (Å²) in [5.41, 5.74) is 8.10. The number of rotatable bonds is 1. The first-order valence-electron chi connectivity index (χ1n) is 5.02. The average Bonchev–Trinajstić information content (AvgIpc) is 2.08. The van der Waals surface area contributed by atoms with Gasteiger partial charge < -0.3 is 5.73 Å². The fourth-order valence-corrected chi connectivity index (χ4v) is 1.43. The van der Waals surface area contributed by atoms with Crippen molar-refractivity contribution in [2.24, 2.45) is 5.41 Å². The number of carbonyl (C=O) groups is 1. The zero-order valence-corrected chi connectivity index (χ0v) is 10.0. The van der Waals surface area contributed by atoms with Crippen LogP contribution in [0.3, 0.4) is 0 Å². The van der Waals surface area contributed by atoms with Crippen molar-refractivity contribution in [3.8, 4) is 0 Å². The Kier molecular flexibility index (Phi) is 2.84. The van der Waals surface area contributed by atoms with Gasteiger partial charge in [0.2, 0.25) is 0 Å². The smallest absolute Gasteiger partial charge is 0.170 e. The molecule has 0 bridgehead atoms. The van der Waals surface area contributed by atoms with Crippen LogP contribution in [0.5, 0.6) is 0 Å². The van der Waals surface area contributed by atoms with Crippen molar-refractivity contribution >= 4 is 11.5 Å². The minimum Gasteiger partial charge on any atom is -0.397 e. The topological polar surface area (TPSA) is 56.0 Å². The molecule has 0 amide bonds. The molecule has 0 aromatic carbocycles. The SMILES string of the molecule is Cc1cc(C(=O)C(C)(C)C)c(N)c(C)n1. The Morgan fingerprint density at radius 1 is 1.33 bits per heavy atom. The van der Waals surface area contributed by atoms with E-state index in [1.165, 1.54) is 0 Å². The zero-order chi connectivity index (χ0) is 11.8. The maximum atomic E-state index is 12.1. The van der Waals surface area contributed by atoms with E-state index >= 15 is 0 Å². The summed E-state index contributed by atoms with van der Waals surface area (Å²) in [5.74, 6) is 0.0635. The summed E-state index contributed by atoms with van der Waals surface area (Å²) in [6.07, 6.45) is 0. The lowest BCUT2D eigenvalue weighted by Crippen LogP contribution is -2.22. The van der Waals surface area contributed by atoms with Crippen molar-refractivity contribution in [1.29, 1.82) is 0 Å². The van der Waals surface area contributed by atoms with Crippen LogP contribution in [0.4, 0.5) is 5.69 Å². The van der Waals surface area contributed by atoms with Gasteiger partial charge in [-0.05, 0) is 19.9 Å². The normalized spacial score (nSPS) is 11.5. The number of nitrogens with zero attached hydrogens (tertiary/aromatic N) is 1. The lowest BCUT2D eigenvalue weighted by Gasteiger charge is -2.18. The number of Topliss-reactive ketones (excluding diaryl/α,β-unsaturated/α-hetero) is 1. The fraction of sp³-hybridized carbons (Fsp3) is 0.500. The Bertz CT molecular complexity index is 403. The third kappa shape index (κ3) is 2.35. The molecule has 1 heterocycles. The highest BCUT2D eigenvalue weighted by atomic mass is 16.1. The van der Waals surface area contributed by atoms with Gasteiger partial charge in [0.25, 0.3) is 0 Å². The van der Waals surface area contributed by atoms with E-state index in [2.05, 4.69) is 4.98 Å². The molecule has 0 saturated carbocycles. The van der Waals surface area contributed by atoms with E-state index in [9.17, 15) is 4.79 Å². The molecule has 0 unspecified atom stereocenters. The number of aromatic nitrogens is 1. The Morgan fingerprint density at radius 2 is 1.87 bits per heavy atom.